The van der Waals surface area contributed by atoms with Crippen LogP contribution in [0.25, 0.3) is 0 Å². The fraction of sp³-hybridized carbons (Fsp3) is 0.750. The van der Waals surface area contributed by atoms with Gasteiger partial charge in [-0.3, -0.25) is 9.59 Å². The molecule has 0 aromatic rings. The first-order valence-corrected chi connectivity index (χ1v) is 4.23. The Morgan fingerprint density at radius 2 is 1.92 bits per heavy atom. The smallest absolute Gasteiger partial charge is 0.324 e. The van der Waals surface area contributed by atoms with Crippen LogP contribution in [0.5, 0.6) is 0 Å². The molecule has 1 aliphatic rings. The number of nitrogens with two attached hydrogens (primary N) is 1. The Morgan fingerprint density at radius 3 is 2.31 bits per heavy atom. The largest absolute Gasteiger partial charge is 0.481 e. The van der Waals surface area contributed by atoms with Gasteiger partial charge in [-0.1, -0.05) is 12.8 Å². The minimum atomic E-state index is -1.57. The van der Waals surface area contributed by atoms with Crippen LogP contribution in [0.15, 0.2) is 0 Å². The van der Waals surface area contributed by atoms with Gasteiger partial charge in [-0.2, -0.15) is 0 Å². The van der Waals surface area contributed by atoms with Crippen LogP contribution in [0, 0.1) is 5.92 Å². The molecule has 0 aromatic heterocycles. The molecule has 74 valence electrons. The summed E-state index contributed by atoms with van der Waals surface area (Å²) in [7, 11) is 0. The highest BCUT2D eigenvalue weighted by molar-refractivity contribution is 5.86. The highest BCUT2D eigenvalue weighted by atomic mass is 16.4. The molecule has 13 heavy (non-hydrogen) atoms. The van der Waals surface area contributed by atoms with Gasteiger partial charge >= 0.3 is 11.9 Å². The maximum absolute atomic E-state index is 10.8. The zero-order chi connectivity index (χ0) is 10.1. The lowest BCUT2D eigenvalue weighted by molar-refractivity contribution is -0.157. The van der Waals surface area contributed by atoms with E-state index in [1.165, 1.54) is 0 Å². The van der Waals surface area contributed by atoms with Gasteiger partial charge in [0.1, 0.15) is 5.54 Å². The Balaban J connectivity index is 2.89. The molecule has 0 bridgehead atoms. The Hall–Kier alpha value is -1.10. The van der Waals surface area contributed by atoms with Crippen molar-refractivity contribution in [2.24, 2.45) is 11.7 Å². The fourth-order valence-corrected chi connectivity index (χ4v) is 1.80. The number of hydrogen-bond donors (Lipinski definition) is 3. The molecule has 0 aliphatic heterocycles. The zero-order valence-corrected chi connectivity index (χ0v) is 7.19. The molecule has 0 saturated heterocycles. The molecule has 5 heteroatoms. The minimum absolute atomic E-state index is 0.249. The predicted molar refractivity (Wildman–Crippen MR) is 44.1 cm³/mol. The highest BCUT2D eigenvalue weighted by Crippen LogP contribution is 2.32. The van der Waals surface area contributed by atoms with Gasteiger partial charge in [-0.25, -0.2) is 0 Å². The SMILES string of the molecule is N[C@@]1(C(=O)O)CCCC[C@@H]1C(=O)O. The van der Waals surface area contributed by atoms with E-state index in [0.29, 0.717) is 12.8 Å². The Labute approximate surface area is 75.5 Å². The summed E-state index contributed by atoms with van der Waals surface area (Å²) in [6.07, 6.45) is 2.03. The third-order valence-electron chi connectivity index (χ3n) is 2.65. The van der Waals surface area contributed by atoms with Crippen molar-refractivity contribution in [3.05, 3.63) is 0 Å². The van der Waals surface area contributed by atoms with Gasteiger partial charge in [0, 0.05) is 0 Å². The van der Waals surface area contributed by atoms with Gasteiger partial charge in [0.25, 0.3) is 0 Å². The van der Waals surface area contributed by atoms with Gasteiger partial charge in [-0.05, 0) is 12.8 Å². The van der Waals surface area contributed by atoms with E-state index in [0.717, 1.165) is 6.42 Å². The van der Waals surface area contributed by atoms with Crippen LogP contribution < -0.4 is 5.73 Å². The first kappa shape index (κ1) is 9.98. The van der Waals surface area contributed by atoms with Crippen LogP contribution in [-0.4, -0.2) is 27.7 Å². The van der Waals surface area contributed by atoms with Crippen LogP contribution >= 0.6 is 0 Å². The van der Waals surface area contributed by atoms with Gasteiger partial charge in [-0.15, -0.1) is 0 Å². The number of rotatable bonds is 2. The molecule has 0 amide bonds. The Bertz CT molecular complexity index is 240. The standard InChI is InChI=1S/C8H13NO4/c9-8(7(12)13)4-2-1-3-5(8)6(10)11/h5H,1-4,9H2,(H,10,11)(H,12,13)/t5-,8+/m1/s1. The minimum Gasteiger partial charge on any atom is -0.481 e. The van der Waals surface area contributed by atoms with Crippen molar-refractivity contribution < 1.29 is 19.8 Å². The molecule has 1 saturated carbocycles. The normalized spacial score (nSPS) is 34.1. The zero-order valence-electron chi connectivity index (χ0n) is 7.19. The molecule has 1 fully saturated rings. The summed E-state index contributed by atoms with van der Waals surface area (Å²) >= 11 is 0. The molecule has 0 radical (unpaired) electrons. The summed E-state index contributed by atoms with van der Waals surface area (Å²) in [4.78, 5) is 21.5. The molecular formula is C8H13NO4. The van der Waals surface area contributed by atoms with E-state index < -0.39 is 23.4 Å². The summed E-state index contributed by atoms with van der Waals surface area (Å²) in [5.74, 6) is -3.26. The average Bonchev–Trinajstić information content (AvgIpc) is 2.04. The summed E-state index contributed by atoms with van der Waals surface area (Å²) in [5.41, 5.74) is 4.00. The molecular weight excluding hydrogens is 174 g/mol. The molecule has 0 spiro atoms. The number of carboxylic acids is 2. The van der Waals surface area contributed by atoms with E-state index in [9.17, 15) is 9.59 Å². The van der Waals surface area contributed by atoms with Crippen molar-refractivity contribution >= 4 is 11.9 Å². The van der Waals surface area contributed by atoms with Crippen LogP contribution in [0.1, 0.15) is 25.7 Å². The molecule has 0 unspecified atom stereocenters. The van der Waals surface area contributed by atoms with Crippen molar-refractivity contribution in [2.45, 2.75) is 31.2 Å². The molecule has 0 heterocycles. The molecule has 4 N–H and O–H groups in total. The average molecular weight is 187 g/mol. The van der Waals surface area contributed by atoms with Crippen LogP contribution in [-0.2, 0) is 9.59 Å². The van der Waals surface area contributed by atoms with Crippen molar-refractivity contribution in [1.29, 1.82) is 0 Å². The van der Waals surface area contributed by atoms with Crippen LogP contribution in [0.2, 0.25) is 0 Å². The highest BCUT2D eigenvalue weighted by Gasteiger charge is 2.47. The number of hydrogen-bond acceptors (Lipinski definition) is 3. The maximum Gasteiger partial charge on any atom is 0.324 e. The van der Waals surface area contributed by atoms with E-state index in [1.807, 2.05) is 0 Å². The van der Waals surface area contributed by atoms with E-state index >= 15 is 0 Å². The van der Waals surface area contributed by atoms with Gasteiger partial charge in [0.2, 0.25) is 0 Å². The lowest BCUT2D eigenvalue weighted by Crippen LogP contribution is -2.58. The summed E-state index contributed by atoms with van der Waals surface area (Å²) in [5, 5.41) is 17.6. The third kappa shape index (κ3) is 1.65. The number of carboxylic acid groups (broad SMARTS) is 2. The summed E-state index contributed by atoms with van der Waals surface area (Å²) in [6.45, 7) is 0. The fourth-order valence-electron chi connectivity index (χ4n) is 1.80. The number of aliphatic carboxylic acids is 2. The van der Waals surface area contributed by atoms with E-state index in [-0.39, 0.29) is 6.42 Å². The van der Waals surface area contributed by atoms with Crippen LogP contribution in [0.4, 0.5) is 0 Å². The monoisotopic (exact) mass is 187 g/mol. The van der Waals surface area contributed by atoms with Crippen molar-refractivity contribution in [3.63, 3.8) is 0 Å². The third-order valence-corrected chi connectivity index (χ3v) is 2.65. The van der Waals surface area contributed by atoms with E-state index in [4.69, 9.17) is 15.9 Å². The van der Waals surface area contributed by atoms with Crippen LogP contribution in [0.3, 0.4) is 0 Å². The molecule has 1 aliphatic carbocycles. The van der Waals surface area contributed by atoms with Crippen molar-refractivity contribution in [2.75, 3.05) is 0 Å². The second kappa shape index (κ2) is 3.33. The van der Waals surface area contributed by atoms with Gasteiger partial charge < -0.3 is 15.9 Å². The van der Waals surface area contributed by atoms with Crippen molar-refractivity contribution in [3.8, 4) is 0 Å². The first-order valence-electron chi connectivity index (χ1n) is 4.23. The second-order valence-electron chi connectivity index (χ2n) is 3.48. The quantitative estimate of drug-likeness (QED) is 0.566. The van der Waals surface area contributed by atoms with E-state index in [1.54, 1.807) is 0 Å². The van der Waals surface area contributed by atoms with Crippen molar-refractivity contribution in [1.82, 2.24) is 0 Å². The lowest BCUT2D eigenvalue weighted by atomic mass is 9.73. The lowest BCUT2D eigenvalue weighted by Gasteiger charge is -2.34. The number of carbonyl (C=O) groups is 2. The first-order chi connectivity index (χ1) is 5.98. The van der Waals surface area contributed by atoms with Gasteiger partial charge in [0.15, 0.2) is 0 Å². The molecule has 0 aromatic carbocycles. The Morgan fingerprint density at radius 1 is 1.31 bits per heavy atom. The summed E-state index contributed by atoms with van der Waals surface area (Å²) in [6, 6.07) is 0. The molecule has 1 rings (SSSR count). The Kier molecular flexibility index (Phi) is 2.56. The maximum atomic E-state index is 10.8. The molecule has 2 atom stereocenters. The van der Waals surface area contributed by atoms with Gasteiger partial charge in [0.05, 0.1) is 5.92 Å². The molecule has 5 nitrogen and oxygen atoms in total. The second-order valence-corrected chi connectivity index (χ2v) is 3.48. The predicted octanol–water partition coefficient (Wildman–Crippen LogP) is 0.0433. The topological polar surface area (TPSA) is 101 Å². The summed E-state index contributed by atoms with van der Waals surface area (Å²) < 4.78 is 0. The van der Waals surface area contributed by atoms with E-state index in [2.05, 4.69) is 0 Å².